The van der Waals surface area contributed by atoms with Crippen molar-refractivity contribution in [2.24, 2.45) is 5.92 Å². The third kappa shape index (κ3) is 5.36. The number of benzene rings is 2. The second kappa shape index (κ2) is 9.26. The molecule has 1 heterocycles. The number of carbonyl (C=O) groups is 1. The van der Waals surface area contributed by atoms with Crippen molar-refractivity contribution in [2.75, 3.05) is 13.1 Å². The summed E-state index contributed by atoms with van der Waals surface area (Å²) in [5, 5.41) is 0.563. The van der Waals surface area contributed by atoms with Gasteiger partial charge in [0.2, 0.25) is 10.0 Å². The van der Waals surface area contributed by atoms with Gasteiger partial charge >= 0.3 is 0 Å². The molecule has 2 aromatic rings. The summed E-state index contributed by atoms with van der Waals surface area (Å²) in [6.45, 7) is 0.641. The summed E-state index contributed by atoms with van der Waals surface area (Å²) in [7, 11) is -3.67. The van der Waals surface area contributed by atoms with Gasteiger partial charge in [0.25, 0.3) is 0 Å². The molecule has 2 aromatic carbocycles. The molecule has 0 saturated carbocycles. The molecule has 3 rings (SSSR count). The number of aryl methyl sites for hydroxylation is 1. The molecule has 0 bridgehead atoms. The van der Waals surface area contributed by atoms with Gasteiger partial charge in [0.05, 0.1) is 4.90 Å². The van der Waals surface area contributed by atoms with Crippen molar-refractivity contribution < 1.29 is 13.2 Å². The lowest BCUT2D eigenvalue weighted by Gasteiger charge is -2.30. The van der Waals surface area contributed by atoms with E-state index in [-0.39, 0.29) is 26.6 Å². The fourth-order valence-electron chi connectivity index (χ4n) is 3.37. The summed E-state index contributed by atoms with van der Waals surface area (Å²) in [6.07, 6.45) is 2.24. The molecule has 4 nitrogen and oxygen atoms in total. The van der Waals surface area contributed by atoms with Crippen LogP contribution in [0.5, 0.6) is 0 Å². The fourth-order valence-corrected chi connectivity index (χ4v) is 5.83. The van der Waals surface area contributed by atoms with Crippen molar-refractivity contribution in [1.29, 1.82) is 0 Å². The van der Waals surface area contributed by atoms with Crippen LogP contribution in [0.4, 0.5) is 0 Å². The lowest BCUT2D eigenvalue weighted by Crippen LogP contribution is -2.40. The topological polar surface area (TPSA) is 54.5 Å². The van der Waals surface area contributed by atoms with Gasteiger partial charge in [0.15, 0.2) is 0 Å². The van der Waals surface area contributed by atoms with E-state index in [0.717, 1.165) is 10.0 Å². The van der Waals surface area contributed by atoms with Crippen molar-refractivity contribution in [3.63, 3.8) is 0 Å². The quantitative estimate of drug-likeness (QED) is 0.532. The third-order valence-corrected chi connectivity index (χ3v) is 7.80. The van der Waals surface area contributed by atoms with Crippen LogP contribution < -0.4 is 0 Å². The smallest absolute Gasteiger partial charge is 0.243 e. The molecule has 1 fully saturated rings. The number of ketones is 1. The molecule has 0 amide bonds. The first-order chi connectivity index (χ1) is 13.3. The van der Waals surface area contributed by atoms with Crippen LogP contribution in [0.3, 0.4) is 0 Å². The first-order valence-corrected chi connectivity index (χ1v) is 12.0. The second-order valence-electron chi connectivity index (χ2n) is 6.88. The lowest BCUT2D eigenvalue weighted by atomic mass is 9.90. The maximum atomic E-state index is 12.8. The van der Waals surface area contributed by atoms with Crippen LogP contribution in [0, 0.1) is 5.92 Å². The number of halogens is 3. The van der Waals surface area contributed by atoms with E-state index in [2.05, 4.69) is 15.9 Å². The average molecular weight is 505 g/mol. The molecule has 8 heteroatoms. The van der Waals surface area contributed by atoms with Gasteiger partial charge in [-0.1, -0.05) is 51.3 Å². The summed E-state index contributed by atoms with van der Waals surface area (Å²) in [6, 6.07) is 12.2. The average Bonchev–Trinajstić information content (AvgIpc) is 2.66. The second-order valence-corrected chi connectivity index (χ2v) is 10.6. The Bertz CT molecular complexity index is 936. The number of Topliss-reactive ketones (excluding diaryl/α,β-unsaturated/α-hetero) is 1. The summed E-state index contributed by atoms with van der Waals surface area (Å²) >= 11 is 15.3. The van der Waals surface area contributed by atoms with E-state index < -0.39 is 10.0 Å². The first-order valence-electron chi connectivity index (χ1n) is 8.99. The van der Waals surface area contributed by atoms with Gasteiger partial charge in [-0.3, -0.25) is 4.79 Å². The molecular formula is C20H20BrCl2NO3S. The molecule has 0 aliphatic carbocycles. The Balaban J connectivity index is 1.57. The molecule has 28 heavy (non-hydrogen) atoms. The Kier molecular flexibility index (Phi) is 7.21. The standard InChI is InChI=1S/C20H20BrCl2NO3S/c21-16-4-1-14(2-5-16)3-6-20(25)15-7-9-24(10-8-15)28(26,27)19-12-17(22)11-18(23)13-19/h1-2,4-5,11-13,15H,3,6-10H2. The van der Waals surface area contributed by atoms with E-state index in [1.54, 1.807) is 0 Å². The van der Waals surface area contributed by atoms with Crippen molar-refractivity contribution in [3.05, 3.63) is 62.5 Å². The van der Waals surface area contributed by atoms with E-state index in [1.807, 2.05) is 24.3 Å². The van der Waals surface area contributed by atoms with E-state index >= 15 is 0 Å². The van der Waals surface area contributed by atoms with Crippen LogP contribution >= 0.6 is 39.1 Å². The summed E-state index contributed by atoms with van der Waals surface area (Å²) in [5.41, 5.74) is 1.12. The Labute approximate surface area is 184 Å². The number of hydrogen-bond donors (Lipinski definition) is 0. The van der Waals surface area contributed by atoms with Crippen LogP contribution in [0.1, 0.15) is 24.8 Å². The van der Waals surface area contributed by atoms with Crippen LogP contribution in [0.15, 0.2) is 51.8 Å². The van der Waals surface area contributed by atoms with Gasteiger partial charge in [0, 0.05) is 39.9 Å². The van der Waals surface area contributed by atoms with Crippen molar-refractivity contribution >= 4 is 54.9 Å². The van der Waals surface area contributed by atoms with Gasteiger partial charge in [-0.15, -0.1) is 0 Å². The maximum absolute atomic E-state index is 12.8. The largest absolute Gasteiger partial charge is 0.299 e. The lowest BCUT2D eigenvalue weighted by molar-refractivity contribution is -0.123. The zero-order chi connectivity index (χ0) is 20.3. The Morgan fingerprint density at radius 2 is 1.61 bits per heavy atom. The minimum atomic E-state index is -3.67. The van der Waals surface area contributed by atoms with E-state index in [1.165, 1.54) is 22.5 Å². The Morgan fingerprint density at radius 1 is 1.04 bits per heavy atom. The molecule has 150 valence electrons. The SMILES string of the molecule is O=C(CCc1ccc(Br)cc1)C1CCN(S(=O)(=O)c2cc(Cl)cc(Cl)c2)CC1. The Morgan fingerprint density at radius 3 is 2.18 bits per heavy atom. The highest BCUT2D eigenvalue weighted by Crippen LogP contribution is 2.28. The van der Waals surface area contributed by atoms with Gasteiger partial charge < -0.3 is 0 Å². The molecule has 0 radical (unpaired) electrons. The van der Waals surface area contributed by atoms with Crippen LogP contribution in [-0.4, -0.2) is 31.6 Å². The number of hydrogen-bond acceptors (Lipinski definition) is 3. The molecule has 1 aliphatic rings. The van der Waals surface area contributed by atoms with E-state index in [9.17, 15) is 13.2 Å². The summed E-state index contributed by atoms with van der Waals surface area (Å²) < 4.78 is 28.1. The van der Waals surface area contributed by atoms with Crippen molar-refractivity contribution in [1.82, 2.24) is 4.31 Å². The Hall–Kier alpha value is -0.920. The zero-order valence-corrected chi connectivity index (χ0v) is 19.0. The molecule has 0 N–H and O–H groups in total. The third-order valence-electron chi connectivity index (χ3n) is 4.96. The normalized spacial score (nSPS) is 16.2. The minimum Gasteiger partial charge on any atom is -0.299 e. The van der Waals surface area contributed by atoms with Crippen molar-refractivity contribution in [2.45, 2.75) is 30.6 Å². The molecule has 1 saturated heterocycles. The van der Waals surface area contributed by atoms with Gasteiger partial charge in [-0.25, -0.2) is 8.42 Å². The van der Waals surface area contributed by atoms with Crippen LogP contribution in [0.2, 0.25) is 10.0 Å². The summed E-state index contributed by atoms with van der Waals surface area (Å²) in [5.74, 6) is 0.107. The maximum Gasteiger partial charge on any atom is 0.243 e. The van der Waals surface area contributed by atoms with E-state index in [0.29, 0.717) is 38.8 Å². The van der Waals surface area contributed by atoms with Crippen molar-refractivity contribution in [3.8, 4) is 0 Å². The van der Waals surface area contributed by atoms with Crippen LogP contribution in [0.25, 0.3) is 0 Å². The fraction of sp³-hybridized carbons (Fsp3) is 0.350. The highest BCUT2D eigenvalue weighted by molar-refractivity contribution is 9.10. The number of piperidine rings is 1. The van der Waals surface area contributed by atoms with E-state index in [4.69, 9.17) is 23.2 Å². The highest BCUT2D eigenvalue weighted by atomic mass is 79.9. The predicted molar refractivity (Wildman–Crippen MR) is 115 cm³/mol. The molecule has 1 aliphatic heterocycles. The number of sulfonamides is 1. The molecule has 0 aromatic heterocycles. The highest BCUT2D eigenvalue weighted by Gasteiger charge is 2.32. The molecule has 0 atom stereocenters. The van der Waals surface area contributed by atoms with Gasteiger partial charge in [-0.05, 0) is 55.2 Å². The molecular weight excluding hydrogens is 485 g/mol. The monoisotopic (exact) mass is 503 g/mol. The van der Waals surface area contributed by atoms with Crippen LogP contribution in [-0.2, 0) is 21.2 Å². The zero-order valence-electron chi connectivity index (χ0n) is 15.1. The van der Waals surface area contributed by atoms with Gasteiger partial charge in [0.1, 0.15) is 5.78 Å². The molecule has 0 unspecified atom stereocenters. The minimum absolute atomic E-state index is 0.0880. The summed E-state index contributed by atoms with van der Waals surface area (Å²) in [4.78, 5) is 12.6. The predicted octanol–water partition coefficient (Wildman–Crippen LogP) is 5.36. The number of carbonyl (C=O) groups excluding carboxylic acids is 1. The van der Waals surface area contributed by atoms with Gasteiger partial charge in [-0.2, -0.15) is 4.31 Å². The number of nitrogens with zero attached hydrogens (tertiary/aromatic N) is 1. The first kappa shape index (κ1) is 21.8. The number of rotatable bonds is 6. The molecule has 0 spiro atoms.